The van der Waals surface area contributed by atoms with E-state index in [-0.39, 0.29) is 11.5 Å². The van der Waals surface area contributed by atoms with Crippen LogP contribution in [0, 0.1) is 12.7 Å². The van der Waals surface area contributed by atoms with Crippen LogP contribution in [0.3, 0.4) is 0 Å². The average Bonchev–Trinajstić information content (AvgIpc) is 2.41. The van der Waals surface area contributed by atoms with Crippen LogP contribution in [-0.2, 0) is 0 Å². The minimum atomic E-state index is -0.499. The second-order valence-corrected chi connectivity index (χ2v) is 4.55. The van der Waals surface area contributed by atoms with Crippen molar-refractivity contribution in [3.8, 4) is 5.75 Å². The first-order chi connectivity index (χ1) is 9.02. The Morgan fingerprint density at radius 3 is 2.42 bits per heavy atom. The molecule has 0 fully saturated rings. The summed E-state index contributed by atoms with van der Waals surface area (Å²) in [5.41, 5.74) is 1.72. The maximum absolute atomic E-state index is 13.3. The van der Waals surface area contributed by atoms with Gasteiger partial charge in [-0.05, 0) is 36.8 Å². The predicted octanol–water partition coefficient (Wildman–Crippen LogP) is 4.03. The molecule has 0 amide bonds. The third kappa shape index (κ3) is 2.76. The van der Waals surface area contributed by atoms with Crippen molar-refractivity contribution in [1.82, 2.24) is 0 Å². The van der Waals surface area contributed by atoms with Crippen molar-refractivity contribution in [2.24, 2.45) is 0 Å². The molecular weight excluding hydrogens is 267 g/mol. The molecule has 0 aliphatic heterocycles. The van der Waals surface area contributed by atoms with Crippen LogP contribution < -0.4 is 4.74 Å². The van der Waals surface area contributed by atoms with Gasteiger partial charge < -0.3 is 4.74 Å². The van der Waals surface area contributed by atoms with Gasteiger partial charge in [-0.15, -0.1) is 0 Å². The van der Waals surface area contributed by atoms with E-state index < -0.39 is 5.82 Å². The first kappa shape index (κ1) is 13.6. The van der Waals surface area contributed by atoms with Crippen molar-refractivity contribution in [2.75, 3.05) is 7.11 Å². The van der Waals surface area contributed by atoms with Gasteiger partial charge in [0.2, 0.25) is 0 Å². The van der Waals surface area contributed by atoms with Crippen LogP contribution in [0.1, 0.15) is 21.5 Å². The lowest BCUT2D eigenvalue weighted by molar-refractivity contribution is 0.103. The zero-order valence-electron chi connectivity index (χ0n) is 10.5. The number of aryl methyl sites for hydroxylation is 1. The van der Waals surface area contributed by atoms with Crippen LogP contribution in [0.5, 0.6) is 5.75 Å². The fourth-order valence-electron chi connectivity index (χ4n) is 1.70. The van der Waals surface area contributed by atoms with Gasteiger partial charge in [-0.25, -0.2) is 4.39 Å². The van der Waals surface area contributed by atoms with E-state index in [0.717, 1.165) is 5.56 Å². The molecule has 0 unspecified atom stereocenters. The molecule has 0 heterocycles. The summed E-state index contributed by atoms with van der Waals surface area (Å²) in [6.45, 7) is 1.86. The molecule has 98 valence electrons. The van der Waals surface area contributed by atoms with Crippen molar-refractivity contribution < 1.29 is 13.9 Å². The third-order valence-electron chi connectivity index (χ3n) is 2.85. The Kier molecular flexibility index (Phi) is 3.86. The molecule has 4 heteroatoms. The summed E-state index contributed by atoms with van der Waals surface area (Å²) in [5, 5.41) is 0.528. The number of hydrogen-bond acceptors (Lipinski definition) is 2. The Hall–Kier alpha value is -1.87. The van der Waals surface area contributed by atoms with E-state index in [1.807, 2.05) is 6.92 Å². The summed E-state index contributed by atoms with van der Waals surface area (Å²) in [7, 11) is 1.36. The lowest BCUT2D eigenvalue weighted by Gasteiger charge is -2.06. The SMILES string of the molecule is COc1cc(C(=O)c2ccc(C)c(Cl)c2)ccc1F. The van der Waals surface area contributed by atoms with E-state index in [4.69, 9.17) is 16.3 Å². The van der Waals surface area contributed by atoms with Gasteiger partial charge in [-0.3, -0.25) is 4.79 Å². The summed E-state index contributed by atoms with van der Waals surface area (Å²) in [4.78, 5) is 12.3. The number of halogens is 2. The molecule has 0 aliphatic carbocycles. The van der Waals surface area contributed by atoms with Gasteiger partial charge in [-0.2, -0.15) is 0 Å². The molecule has 2 aromatic rings. The molecule has 0 radical (unpaired) electrons. The van der Waals surface area contributed by atoms with Gasteiger partial charge in [0, 0.05) is 16.1 Å². The molecule has 0 aliphatic rings. The smallest absolute Gasteiger partial charge is 0.193 e. The minimum absolute atomic E-state index is 0.0454. The van der Waals surface area contributed by atoms with Gasteiger partial charge in [0.05, 0.1) is 7.11 Å². The molecule has 0 atom stereocenters. The van der Waals surface area contributed by atoms with Gasteiger partial charge in [0.25, 0.3) is 0 Å². The Balaban J connectivity index is 2.41. The van der Waals surface area contributed by atoms with Gasteiger partial charge >= 0.3 is 0 Å². The van der Waals surface area contributed by atoms with Crippen molar-refractivity contribution in [2.45, 2.75) is 6.92 Å². The Labute approximate surface area is 115 Å². The largest absolute Gasteiger partial charge is 0.494 e. The molecule has 0 aromatic heterocycles. The highest BCUT2D eigenvalue weighted by molar-refractivity contribution is 6.31. The summed E-state index contributed by atoms with van der Waals surface area (Å²) in [6, 6.07) is 9.09. The lowest BCUT2D eigenvalue weighted by Crippen LogP contribution is -2.02. The number of carbonyl (C=O) groups excluding carboxylic acids is 1. The number of carbonyl (C=O) groups is 1. The number of methoxy groups -OCH3 is 1. The third-order valence-corrected chi connectivity index (χ3v) is 3.25. The Bertz CT molecular complexity index is 638. The summed E-state index contributed by atoms with van der Waals surface area (Å²) in [6.07, 6.45) is 0. The van der Waals surface area contributed by atoms with E-state index in [0.29, 0.717) is 16.1 Å². The van der Waals surface area contributed by atoms with Crippen molar-refractivity contribution >= 4 is 17.4 Å². The summed E-state index contributed by atoms with van der Waals surface area (Å²) >= 11 is 5.99. The van der Waals surface area contributed by atoms with Gasteiger partial charge in [-0.1, -0.05) is 23.7 Å². The van der Waals surface area contributed by atoms with Gasteiger partial charge in [0.15, 0.2) is 17.3 Å². The predicted molar refractivity (Wildman–Crippen MR) is 72.6 cm³/mol. The number of ketones is 1. The second kappa shape index (κ2) is 5.41. The fourth-order valence-corrected chi connectivity index (χ4v) is 1.88. The van der Waals surface area contributed by atoms with E-state index >= 15 is 0 Å². The zero-order chi connectivity index (χ0) is 14.0. The maximum atomic E-state index is 13.3. The molecule has 0 saturated heterocycles. The number of rotatable bonds is 3. The molecule has 19 heavy (non-hydrogen) atoms. The van der Waals surface area contributed by atoms with Crippen LogP contribution in [-0.4, -0.2) is 12.9 Å². The highest BCUT2D eigenvalue weighted by Gasteiger charge is 2.13. The standard InChI is InChI=1S/C15H12ClFO2/c1-9-3-4-10(7-12(9)16)15(18)11-5-6-13(17)14(8-11)19-2/h3-8H,1-2H3. The van der Waals surface area contributed by atoms with Crippen molar-refractivity contribution in [3.05, 3.63) is 63.9 Å². The molecule has 2 nitrogen and oxygen atoms in total. The van der Waals surface area contributed by atoms with E-state index in [2.05, 4.69) is 0 Å². The first-order valence-electron chi connectivity index (χ1n) is 5.67. The highest BCUT2D eigenvalue weighted by atomic mass is 35.5. The average molecular weight is 279 g/mol. The summed E-state index contributed by atoms with van der Waals surface area (Å²) in [5.74, 6) is -0.676. The van der Waals surface area contributed by atoms with E-state index in [1.165, 1.54) is 25.3 Å². The maximum Gasteiger partial charge on any atom is 0.193 e. The molecule has 0 N–H and O–H groups in total. The molecule has 0 saturated carbocycles. The van der Waals surface area contributed by atoms with Crippen molar-refractivity contribution in [3.63, 3.8) is 0 Å². The normalized spacial score (nSPS) is 10.3. The molecular formula is C15H12ClFO2. The molecule has 2 rings (SSSR count). The van der Waals surface area contributed by atoms with E-state index in [9.17, 15) is 9.18 Å². The minimum Gasteiger partial charge on any atom is -0.494 e. The van der Waals surface area contributed by atoms with Crippen LogP contribution in [0.15, 0.2) is 36.4 Å². The molecule has 0 bridgehead atoms. The molecule has 0 spiro atoms. The number of hydrogen-bond donors (Lipinski definition) is 0. The highest BCUT2D eigenvalue weighted by Crippen LogP contribution is 2.22. The van der Waals surface area contributed by atoms with Gasteiger partial charge in [0.1, 0.15) is 0 Å². The Morgan fingerprint density at radius 2 is 1.79 bits per heavy atom. The van der Waals surface area contributed by atoms with Crippen LogP contribution in [0.2, 0.25) is 5.02 Å². The molecule has 2 aromatic carbocycles. The topological polar surface area (TPSA) is 26.3 Å². The quantitative estimate of drug-likeness (QED) is 0.793. The second-order valence-electron chi connectivity index (χ2n) is 4.14. The van der Waals surface area contributed by atoms with Crippen LogP contribution in [0.25, 0.3) is 0 Å². The van der Waals surface area contributed by atoms with Crippen LogP contribution >= 0.6 is 11.6 Å². The lowest BCUT2D eigenvalue weighted by atomic mass is 10.0. The monoisotopic (exact) mass is 278 g/mol. The summed E-state index contributed by atoms with van der Waals surface area (Å²) < 4.78 is 18.2. The number of benzene rings is 2. The van der Waals surface area contributed by atoms with Crippen molar-refractivity contribution in [1.29, 1.82) is 0 Å². The zero-order valence-corrected chi connectivity index (χ0v) is 11.3. The number of ether oxygens (including phenoxy) is 1. The Morgan fingerprint density at radius 1 is 1.16 bits per heavy atom. The fraction of sp³-hybridized carbons (Fsp3) is 0.133. The first-order valence-corrected chi connectivity index (χ1v) is 6.05. The van der Waals surface area contributed by atoms with E-state index in [1.54, 1.807) is 18.2 Å². The van der Waals surface area contributed by atoms with Crippen LogP contribution in [0.4, 0.5) is 4.39 Å².